The lowest BCUT2D eigenvalue weighted by atomic mass is 9.98. The predicted octanol–water partition coefficient (Wildman–Crippen LogP) is 1.44. The number of carbonyl (C=O) groups excluding carboxylic acids is 1. The molecule has 7 N–H and O–H groups in total. The Morgan fingerprint density at radius 2 is 1.37 bits per heavy atom. The Labute approximate surface area is 255 Å². The fourth-order valence-electron chi connectivity index (χ4n) is 5.48. The maximum Gasteiger partial charge on any atom is 0.309 e. The fraction of sp³-hybridized carbons (Fsp3) is 0.903. The highest BCUT2D eigenvalue weighted by Crippen LogP contribution is 2.38. The number of esters is 1. The van der Waals surface area contributed by atoms with Crippen LogP contribution in [-0.2, 0) is 23.7 Å². The first-order chi connectivity index (χ1) is 20.6. The molecule has 0 bridgehead atoms. The second-order valence-electron chi connectivity index (χ2n) is 11.9. The average molecular weight is 621 g/mol. The third-order valence-electron chi connectivity index (χ3n) is 8.33. The van der Waals surface area contributed by atoms with Gasteiger partial charge in [0.15, 0.2) is 12.4 Å². The SMILES string of the molecule is CCCCCCCC/C=C\CCCCCCC(C)C(=O)O[C@H]1[C@H](O)[C@@H](CO)O[C@@]1(CO)O[C@H]1O[C@H](CO)[C@@H](O)[C@H](O)[C@H]1O. The van der Waals surface area contributed by atoms with E-state index in [0.717, 1.165) is 38.5 Å². The molecule has 2 rings (SSSR count). The van der Waals surface area contributed by atoms with Gasteiger partial charge in [0.05, 0.1) is 19.1 Å². The number of ether oxygens (including phenoxy) is 4. The Morgan fingerprint density at radius 3 is 1.95 bits per heavy atom. The lowest BCUT2D eigenvalue weighted by molar-refractivity contribution is -0.384. The van der Waals surface area contributed by atoms with Crippen LogP contribution in [0.15, 0.2) is 12.2 Å². The van der Waals surface area contributed by atoms with E-state index in [1.54, 1.807) is 6.92 Å². The van der Waals surface area contributed by atoms with Gasteiger partial charge in [-0.1, -0.05) is 77.4 Å². The zero-order valence-electron chi connectivity index (χ0n) is 25.8. The topological polar surface area (TPSA) is 196 Å². The Hall–Kier alpha value is -1.19. The van der Waals surface area contributed by atoms with E-state index < -0.39 is 86.5 Å². The summed E-state index contributed by atoms with van der Waals surface area (Å²) in [5, 5.41) is 70.7. The zero-order chi connectivity index (χ0) is 31.8. The minimum Gasteiger partial charge on any atom is -0.453 e. The van der Waals surface area contributed by atoms with Crippen LogP contribution < -0.4 is 0 Å². The third-order valence-corrected chi connectivity index (χ3v) is 8.33. The molecule has 0 aromatic carbocycles. The normalized spacial score (nSPS) is 33.7. The molecule has 10 atom stereocenters. The number of hydrogen-bond donors (Lipinski definition) is 7. The van der Waals surface area contributed by atoms with E-state index in [2.05, 4.69) is 19.1 Å². The van der Waals surface area contributed by atoms with Gasteiger partial charge in [-0.2, -0.15) is 0 Å². The molecule has 252 valence electrons. The van der Waals surface area contributed by atoms with Gasteiger partial charge in [0.25, 0.3) is 0 Å². The van der Waals surface area contributed by atoms with Crippen LogP contribution in [0.2, 0.25) is 0 Å². The summed E-state index contributed by atoms with van der Waals surface area (Å²) in [5.74, 6) is -3.47. The highest BCUT2D eigenvalue weighted by Gasteiger charge is 2.61. The van der Waals surface area contributed by atoms with Crippen LogP contribution in [0.25, 0.3) is 0 Å². The van der Waals surface area contributed by atoms with Gasteiger partial charge in [-0.25, -0.2) is 0 Å². The van der Waals surface area contributed by atoms with Gasteiger partial charge in [-0.15, -0.1) is 0 Å². The maximum absolute atomic E-state index is 13.0. The van der Waals surface area contributed by atoms with Gasteiger partial charge in [-0.05, 0) is 32.1 Å². The van der Waals surface area contributed by atoms with Gasteiger partial charge in [-0.3, -0.25) is 4.79 Å². The molecule has 0 radical (unpaired) electrons. The Kier molecular flexibility index (Phi) is 17.7. The molecule has 1 unspecified atom stereocenters. The van der Waals surface area contributed by atoms with E-state index in [0.29, 0.717) is 6.42 Å². The lowest BCUT2D eigenvalue weighted by Crippen LogP contribution is -2.63. The molecular formula is C31H56O12. The Bertz CT molecular complexity index is 795. The largest absolute Gasteiger partial charge is 0.453 e. The van der Waals surface area contributed by atoms with E-state index in [1.165, 1.54) is 38.5 Å². The van der Waals surface area contributed by atoms with Gasteiger partial charge in [0.2, 0.25) is 5.79 Å². The summed E-state index contributed by atoms with van der Waals surface area (Å²) in [6.45, 7) is 1.53. The number of aliphatic hydroxyl groups excluding tert-OH is 7. The van der Waals surface area contributed by atoms with Crippen LogP contribution in [0, 0.1) is 5.92 Å². The maximum atomic E-state index is 13.0. The molecule has 0 aliphatic carbocycles. The zero-order valence-corrected chi connectivity index (χ0v) is 25.8. The minimum atomic E-state index is -2.27. The summed E-state index contributed by atoms with van der Waals surface area (Å²) in [6.07, 6.45) is 6.11. The summed E-state index contributed by atoms with van der Waals surface area (Å²) >= 11 is 0. The molecule has 2 saturated heterocycles. The van der Waals surface area contributed by atoms with E-state index in [9.17, 15) is 40.5 Å². The van der Waals surface area contributed by atoms with Gasteiger partial charge in [0, 0.05) is 0 Å². The standard InChI is InChI=1S/C31H56O12/c1-3-4-5-6-7-8-9-10-11-12-13-14-15-16-17-21(2)29(39)41-28-25(36)23(19-33)42-31(28,20-34)43-30-27(38)26(37)24(35)22(18-32)40-30/h10-11,21-28,30,32-38H,3-9,12-20H2,1-2H3/b11-10-/t21?,22-,23-,24-,25-,26+,27-,28+,30-,31+/m1/s1. The molecule has 2 aliphatic heterocycles. The molecule has 2 aliphatic rings. The van der Waals surface area contributed by atoms with Crippen molar-refractivity contribution in [3.8, 4) is 0 Å². The van der Waals surface area contributed by atoms with Gasteiger partial charge in [0.1, 0.15) is 43.2 Å². The third kappa shape index (κ3) is 11.3. The minimum absolute atomic E-state index is 0.541. The molecule has 2 fully saturated rings. The first-order valence-corrected chi connectivity index (χ1v) is 16.1. The van der Waals surface area contributed by atoms with Crippen molar-refractivity contribution in [1.82, 2.24) is 0 Å². The smallest absolute Gasteiger partial charge is 0.309 e. The van der Waals surface area contributed by atoms with Crippen molar-refractivity contribution in [3.05, 3.63) is 12.2 Å². The quantitative estimate of drug-likeness (QED) is 0.0555. The molecule has 0 spiro atoms. The number of aliphatic hydroxyl groups is 7. The number of unbranched alkanes of at least 4 members (excludes halogenated alkanes) is 10. The van der Waals surface area contributed by atoms with Crippen molar-refractivity contribution in [1.29, 1.82) is 0 Å². The molecule has 0 amide bonds. The number of rotatable bonds is 21. The van der Waals surface area contributed by atoms with E-state index >= 15 is 0 Å². The summed E-state index contributed by atoms with van der Waals surface area (Å²) in [5.41, 5.74) is 0. The van der Waals surface area contributed by atoms with Crippen LogP contribution in [-0.4, -0.2) is 116 Å². The Morgan fingerprint density at radius 1 is 0.791 bits per heavy atom. The number of allylic oxidation sites excluding steroid dienone is 2. The molecule has 0 aromatic heterocycles. The first kappa shape index (κ1) is 38.0. The van der Waals surface area contributed by atoms with Crippen molar-refractivity contribution >= 4 is 5.97 Å². The molecule has 12 nitrogen and oxygen atoms in total. The molecule has 0 aromatic rings. The predicted molar refractivity (Wildman–Crippen MR) is 157 cm³/mol. The number of carbonyl (C=O) groups is 1. The second-order valence-corrected chi connectivity index (χ2v) is 11.9. The van der Waals surface area contributed by atoms with Crippen LogP contribution in [0.1, 0.15) is 97.3 Å². The summed E-state index contributed by atoms with van der Waals surface area (Å²) in [4.78, 5) is 13.0. The van der Waals surface area contributed by atoms with E-state index in [1.807, 2.05) is 0 Å². The Balaban J connectivity index is 1.81. The summed E-state index contributed by atoms with van der Waals surface area (Å²) < 4.78 is 22.1. The highest BCUT2D eigenvalue weighted by molar-refractivity contribution is 5.72. The van der Waals surface area contributed by atoms with Crippen molar-refractivity contribution in [2.45, 2.75) is 152 Å². The first-order valence-electron chi connectivity index (χ1n) is 16.1. The van der Waals surface area contributed by atoms with Crippen LogP contribution >= 0.6 is 0 Å². The molecular weight excluding hydrogens is 564 g/mol. The number of hydrogen-bond acceptors (Lipinski definition) is 12. The van der Waals surface area contributed by atoms with Gasteiger partial charge < -0.3 is 54.7 Å². The van der Waals surface area contributed by atoms with Crippen molar-refractivity contribution in [2.24, 2.45) is 5.92 Å². The van der Waals surface area contributed by atoms with Crippen LogP contribution in [0.3, 0.4) is 0 Å². The monoisotopic (exact) mass is 620 g/mol. The van der Waals surface area contributed by atoms with E-state index in [-0.39, 0.29) is 0 Å². The molecule has 0 saturated carbocycles. The summed E-state index contributed by atoms with van der Waals surface area (Å²) in [7, 11) is 0. The average Bonchev–Trinajstić information content (AvgIpc) is 3.27. The summed E-state index contributed by atoms with van der Waals surface area (Å²) in [6, 6.07) is 0. The van der Waals surface area contributed by atoms with Crippen LogP contribution in [0.4, 0.5) is 0 Å². The van der Waals surface area contributed by atoms with Crippen molar-refractivity contribution < 1.29 is 59.5 Å². The second kappa shape index (κ2) is 20.0. The van der Waals surface area contributed by atoms with Crippen molar-refractivity contribution in [3.63, 3.8) is 0 Å². The molecule has 12 heteroatoms. The highest BCUT2D eigenvalue weighted by atomic mass is 16.8. The van der Waals surface area contributed by atoms with Crippen molar-refractivity contribution in [2.75, 3.05) is 19.8 Å². The van der Waals surface area contributed by atoms with Crippen LogP contribution in [0.5, 0.6) is 0 Å². The van der Waals surface area contributed by atoms with E-state index in [4.69, 9.17) is 18.9 Å². The van der Waals surface area contributed by atoms with Gasteiger partial charge >= 0.3 is 5.97 Å². The molecule has 43 heavy (non-hydrogen) atoms. The fourth-order valence-corrected chi connectivity index (χ4v) is 5.48. The molecule has 2 heterocycles. The lowest BCUT2D eigenvalue weighted by Gasteiger charge is -2.43.